The van der Waals surface area contributed by atoms with Gasteiger partial charge in [-0.2, -0.15) is 0 Å². The molecule has 0 amide bonds. The van der Waals surface area contributed by atoms with E-state index in [-0.39, 0.29) is 4.90 Å². The normalized spacial score (nSPS) is 11.8. The van der Waals surface area contributed by atoms with Crippen LogP contribution in [0.5, 0.6) is 5.75 Å². The van der Waals surface area contributed by atoms with E-state index in [1.54, 1.807) is 31.4 Å². The molecule has 0 heterocycles. The molecule has 2 N–H and O–H groups in total. The van der Waals surface area contributed by atoms with Gasteiger partial charge in [-0.25, -0.2) is 13.1 Å². The zero-order valence-electron chi connectivity index (χ0n) is 11.1. The number of rotatable bonds is 7. The van der Waals surface area contributed by atoms with Crippen molar-refractivity contribution < 1.29 is 18.1 Å². The number of methoxy groups -OCH3 is 1. The van der Waals surface area contributed by atoms with E-state index in [0.717, 1.165) is 13.0 Å². The molecular weight excluding hydrogens is 252 g/mol. The topological polar surface area (TPSA) is 59.8 Å². The van der Waals surface area contributed by atoms with Crippen LogP contribution in [0, 0.1) is 0 Å². The van der Waals surface area contributed by atoms with Gasteiger partial charge in [0.2, 0.25) is 10.0 Å². The lowest BCUT2D eigenvalue weighted by molar-refractivity contribution is -0.858. The van der Waals surface area contributed by atoms with Crippen molar-refractivity contribution in [1.29, 1.82) is 0 Å². The van der Waals surface area contributed by atoms with E-state index in [1.165, 1.54) is 4.90 Å². The molecule has 0 atom stereocenters. The van der Waals surface area contributed by atoms with E-state index in [1.807, 2.05) is 14.1 Å². The third-order valence-corrected chi connectivity index (χ3v) is 3.99. The van der Waals surface area contributed by atoms with Gasteiger partial charge in [-0.3, -0.25) is 0 Å². The smallest absolute Gasteiger partial charge is 0.240 e. The lowest BCUT2D eigenvalue weighted by Crippen LogP contribution is -3.05. The monoisotopic (exact) mass is 273 g/mol. The Hall–Kier alpha value is -1.11. The highest BCUT2D eigenvalue weighted by Crippen LogP contribution is 2.14. The molecule has 0 bridgehead atoms. The number of benzene rings is 1. The van der Waals surface area contributed by atoms with Crippen LogP contribution in [0.2, 0.25) is 0 Å². The van der Waals surface area contributed by atoms with E-state index >= 15 is 0 Å². The zero-order valence-corrected chi connectivity index (χ0v) is 11.9. The van der Waals surface area contributed by atoms with Gasteiger partial charge in [0, 0.05) is 13.0 Å². The third-order valence-electron chi connectivity index (χ3n) is 2.52. The average Bonchev–Trinajstić information content (AvgIpc) is 2.34. The van der Waals surface area contributed by atoms with Gasteiger partial charge < -0.3 is 9.64 Å². The molecule has 0 aliphatic heterocycles. The van der Waals surface area contributed by atoms with Crippen molar-refractivity contribution in [3.8, 4) is 5.75 Å². The molecule has 0 fully saturated rings. The Labute approximate surface area is 109 Å². The van der Waals surface area contributed by atoms with Gasteiger partial charge in [-0.15, -0.1) is 0 Å². The number of nitrogens with one attached hydrogen (secondary N) is 2. The molecule has 1 aromatic rings. The summed E-state index contributed by atoms with van der Waals surface area (Å²) in [5.74, 6) is 0.644. The SMILES string of the molecule is COc1ccc(S(=O)(=O)NCCC[NH+](C)C)cc1. The van der Waals surface area contributed by atoms with Gasteiger partial charge >= 0.3 is 0 Å². The second-order valence-electron chi connectivity index (χ2n) is 4.38. The van der Waals surface area contributed by atoms with Gasteiger partial charge in [-0.05, 0) is 24.3 Å². The van der Waals surface area contributed by atoms with Crippen LogP contribution >= 0.6 is 0 Å². The predicted octanol–water partition coefficient (Wildman–Crippen LogP) is -0.492. The van der Waals surface area contributed by atoms with Crippen molar-refractivity contribution in [2.75, 3.05) is 34.3 Å². The fourth-order valence-electron chi connectivity index (χ4n) is 1.49. The zero-order chi connectivity index (χ0) is 13.6. The fraction of sp³-hybridized carbons (Fsp3) is 0.500. The molecule has 6 heteroatoms. The molecule has 0 radical (unpaired) electrons. The highest BCUT2D eigenvalue weighted by Gasteiger charge is 2.13. The maximum Gasteiger partial charge on any atom is 0.240 e. The molecule has 0 unspecified atom stereocenters. The molecule has 0 saturated heterocycles. The maximum absolute atomic E-state index is 11.9. The largest absolute Gasteiger partial charge is 0.497 e. The van der Waals surface area contributed by atoms with Gasteiger partial charge in [0.25, 0.3) is 0 Å². The van der Waals surface area contributed by atoms with Crippen LogP contribution in [-0.2, 0) is 10.0 Å². The summed E-state index contributed by atoms with van der Waals surface area (Å²) in [5.41, 5.74) is 0. The summed E-state index contributed by atoms with van der Waals surface area (Å²) in [6.45, 7) is 1.39. The first-order chi connectivity index (χ1) is 8.45. The Balaban J connectivity index is 2.57. The molecule has 18 heavy (non-hydrogen) atoms. The second-order valence-corrected chi connectivity index (χ2v) is 6.15. The molecule has 0 aliphatic carbocycles. The van der Waals surface area contributed by atoms with Crippen molar-refractivity contribution >= 4 is 10.0 Å². The van der Waals surface area contributed by atoms with Gasteiger partial charge in [0.15, 0.2) is 0 Å². The molecule has 0 saturated carbocycles. The van der Waals surface area contributed by atoms with Crippen LogP contribution in [-0.4, -0.2) is 42.7 Å². The summed E-state index contributed by atoms with van der Waals surface area (Å²) in [4.78, 5) is 1.57. The first kappa shape index (κ1) is 14.9. The minimum Gasteiger partial charge on any atom is -0.497 e. The molecule has 102 valence electrons. The number of sulfonamides is 1. The third kappa shape index (κ3) is 4.64. The maximum atomic E-state index is 11.9. The first-order valence-electron chi connectivity index (χ1n) is 5.88. The highest BCUT2D eigenvalue weighted by molar-refractivity contribution is 7.89. The van der Waals surface area contributed by atoms with E-state index in [0.29, 0.717) is 12.3 Å². The van der Waals surface area contributed by atoms with Crippen LogP contribution < -0.4 is 14.4 Å². The lowest BCUT2D eigenvalue weighted by Gasteiger charge is -2.09. The average molecular weight is 273 g/mol. The van der Waals surface area contributed by atoms with Crippen molar-refractivity contribution in [3.05, 3.63) is 24.3 Å². The number of quaternary nitrogens is 1. The Morgan fingerprint density at radius 1 is 1.22 bits per heavy atom. The van der Waals surface area contributed by atoms with E-state index in [9.17, 15) is 8.42 Å². The summed E-state index contributed by atoms with van der Waals surface area (Å²) in [7, 11) is 2.23. The summed E-state index contributed by atoms with van der Waals surface area (Å²) in [5, 5.41) is 0. The molecule has 0 spiro atoms. The molecule has 0 aliphatic rings. The summed E-state index contributed by atoms with van der Waals surface area (Å²) in [6, 6.07) is 6.35. The van der Waals surface area contributed by atoms with E-state index in [2.05, 4.69) is 4.72 Å². The van der Waals surface area contributed by atoms with Crippen LogP contribution in [0.1, 0.15) is 6.42 Å². The van der Waals surface area contributed by atoms with Crippen LogP contribution in [0.3, 0.4) is 0 Å². The quantitative estimate of drug-likeness (QED) is 0.659. The minimum absolute atomic E-state index is 0.264. The van der Waals surface area contributed by atoms with Gasteiger partial charge in [0.05, 0.1) is 32.6 Å². The van der Waals surface area contributed by atoms with Crippen LogP contribution in [0.4, 0.5) is 0 Å². The van der Waals surface area contributed by atoms with E-state index < -0.39 is 10.0 Å². The molecule has 1 aromatic carbocycles. The second kappa shape index (κ2) is 6.72. The van der Waals surface area contributed by atoms with Crippen molar-refractivity contribution in [1.82, 2.24) is 4.72 Å². The number of hydrogen-bond acceptors (Lipinski definition) is 3. The van der Waals surface area contributed by atoms with Crippen LogP contribution in [0.15, 0.2) is 29.2 Å². The Morgan fingerprint density at radius 2 is 1.83 bits per heavy atom. The Morgan fingerprint density at radius 3 is 2.33 bits per heavy atom. The summed E-state index contributed by atoms with van der Waals surface area (Å²) < 4.78 is 31.4. The Kier molecular flexibility index (Phi) is 5.58. The highest BCUT2D eigenvalue weighted by atomic mass is 32.2. The first-order valence-corrected chi connectivity index (χ1v) is 7.37. The molecule has 1 rings (SSSR count). The predicted molar refractivity (Wildman–Crippen MR) is 70.5 cm³/mol. The summed E-state index contributed by atoms with van der Waals surface area (Å²) in [6.07, 6.45) is 0.817. The minimum atomic E-state index is -3.40. The summed E-state index contributed by atoms with van der Waals surface area (Å²) >= 11 is 0. The van der Waals surface area contributed by atoms with E-state index in [4.69, 9.17) is 4.74 Å². The molecule has 0 aromatic heterocycles. The fourth-order valence-corrected chi connectivity index (χ4v) is 2.56. The standard InChI is InChI=1S/C12H20N2O3S/c1-14(2)10-4-9-13-18(15,16)12-7-5-11(17-3)6-8-12/h5-8,13H,4,9-10H2,1-3H3/p+1. The Bertz CT molecular complexity index is 455. The van der Waals surface area contributed by atoms with Crippen LogP contribution in [0.25, 0.3) is 0 Å². The van der Waals surface area contributed by atoms with Crippen molar-refractivity contribution in [3.63, 3.8) is 0 Å². The lowest BCUT2D eigenvalue weighted by atomic mass is 10.3. The van der Waals surface area contributed by atoms with Crippen molar-refractivity contribution in [2.45, 2.75) is 11.3 Å². The van der Waals surface area contributed by atoms with Gasteiger partial charge in [0.1, 0.15) is 5.75 Å². The van der Waals surface area contributed by atoms with Gasteiger partial charge in [-0.1, -0.05) is 0 Å². The molecule has 5 nitrogen and oxygen atoms in total. The van der Waals surface area contributed by atoms with Crippen molar-refractivity contribution in [2.24, 2.45) is 0 Å². The number of hydrogen-bond donors (Lipinski definition) is 2. The molecular formula is C12H21N2O3S+. The number of ether oxygens (including phenoxy) is 1.